The quantitative estimate of drug-likeness (QED) is 0.402. The number of carbonyl (C=O) groups is 1. The van der Waals surface area contributed by atoms with Gasteiger partial charge in [-0.05, 0) is 60.5 Å². The van der Waals surface area contributed by atoms with Gasteiger partial charge in [0.2, 0.25) is 11.2 Å². The van der Waals surface area contributed by atoms with Crippen molar-refractivity contribution in [2.45, 2.75) is 13.3 Å². The van der Waals surface area contributed by atoms with E-state index in [0.717, 1.165) is 6.42 Å². The lowest BCUT2D eigenvalue weighted by molar-refractivity contribution is -0.118. The van der Waals surface area contributed by atoms with Gasteiger partial charge in [-0.25, -0.2) is 0 Å². The van der Waals surface area contributed by atoms with Crippen LogP contribution in [0.1, 0.15) is 12.5 Å². The Balaban J connectivity index is 1.41. The van der Waals surface area contributed by atoms with Crippen molar-refractivity contribution in [3.05, 3.63) is 88.8 Å². The molecule has 0 saturated carbocycles. The molecule has 0 radical (unpaired) electrons. The van der Waals surface area contributed by atoms with Crippen molar-refractivity contribution in [3.8, 4) is 23.0 Å². The second-order valence-electron chi connectivity index (χ2n) is 7.25. The van der Waals surface area contributed by atoms with Crippen LogP contribution < -0.4 is 25.0 Å². The van der Waals surface area contributed by atoms with Gasteiger partial charge >= 0.3 is 0 Å². The lowest BCUT2D eigenvalue weighted by Gasteiger charge is -2.09. The maximum Gasteiger partial charge on any atom is 0.262 e. The van der Waals surface area contributed by atoms with E-state index in [4.69, 9.17) is 18.6 Å². The second kappa shape index (κ2) is 9.91. The highest BCUT2D eigenvalue weighted by atomic mass is 16.5. The first-order valence-electron chi connectivity index (χ1n) is 10.4. The number of aryl methyl sites for hydroxylation is 1. The van der Waals surface area contributed by atoms with Gasteiger partial charge in [0, 0.05) is 11.8 Å². The summed E-state index contributed by atoms with van der Waals surface area (Å²) in [4.78, 5) is 25.0. The molecule has 0 aliphatic rings. The first-order chi connectivity index (χ1) is 16.1. The number of amides is 1. The van der Waals surface area contributed by atoms with Crippen LogP contribution in [-0.2, 0) is 11.2 Å². The third-order valence-corrected chi connectivity index (χ3v) is 5.02. The van der Waals surface area contributed by atoms with Crippen molar-refractivity contribution in [1.29, 1.82) is 0 Å². The molecule has 7 nitrogen and oxygen atoms in total. The van der Waals surface area contributed by atoms with Crippen molar-refractivity contribution in [1.82, 2.24) is 0 Å². The van der Waals surface area contributed by atoms with Gasteiger partial charge in [0.15, 0.2) is 6.61 Å². The van der Waals surface area contributed by atoms with E-state index in [2.05, 4.69) is 12.2 Å². The average molecular weight is 445 g/mol. The minimum atomic E-state index is -0.313. The molecule has 0 spiro atoms. The summed E-state index contributed by atoms with van der Waals surface area (Å²) < 4.78 is 21.9. The molecule has 0 aliphatic carbocycles. The van der Waals surface area contributed by atoms with Gasteiger partial charge in [0.25, 0.3) is 5.91 Å². The molecular weight excluding hydrogens is 422 g/mol. The highest BCUT2D eigenvalue weighted by Crippen LogP contribution is 2.25. The van der Waals surface area contributed by atoms with Crippen molar-refractivity contribution in [2.75, 3.05) is 19.0 Å². The van der Waals surface area contributed by atoms with Gasteiger partial charge in [-0.3, -0.25) is 9.59 Å². The van der Waals surface area contributed by atoms with Crippen LogP contribution in [0.5, 0.6) is 23.0 Å². The number of hydrogen-bond donors (Lipinski definition) is 1. The smallest absolute Gasteiger partial charge is 0.262 e. The number of methoxy groups -OCH3 is 1. The molecule has 0 aliphatic heterocycles. The Hall–Kier alpha value is -4.26. The molecule has 33 heavy (non-hydrogen) atoms. The molecule has 0 fully saturated rings. The first kappa shape index (κ1) is 22.0. The van der Waals surface area contributed by atoms with E-state index < -0.39 is 0 Å². The Bertz CT molecular complexity index is 1310. The number of benzene rings is 3. The third kappa shape index (κ3) is 5.33. The van der Waals surface area contributed by atoms with Gasteiger partial charge < -0.3 is 23.9 Å². The summed E-state index contributed by atoms with van der Waals surface area (Å²) >= 11 is 0. The van der Waals surface area contributed by atoms with E-state index in [0.29, 0.717) is 33.9 Å². The maximum absolute atomic E-state index is 12.8. The number of anilines is 1. The monoisotopic (exact) mass is 445 g/mol. The van der Waals surface area contributed by atoms with E-state index in [9.17, 15) is 9.59 Å². The molecule has 3 aromatic carbocycles. The van der Waals surface area contributed by atoms with Crippen molar-refractivity contribution < 1.29 is 23.4 Å². The predicted octanol–water partition coefficient (Wildman–Crippen LogP) is 5.17. The van der Waals surface area contributed by atoms with Gasteiger partial charge in [-0.2, -0.15) is 0 Å². The summed E-state index contributed by atoms with van der Waals surface area (Å²) in [5.74, 6) is 1.35. The Morgan fingerprint density at radius 3 is 2.33 bits per heavy atom. The normalized spacial score (nSPS) is 10.6. The summed E-state index contributed by atoms with van der Waals surface area (Å²) in [6.45, 7) is 1.89. The summed E-state index contributed by atoms with van der Waals surface area (Å²) in [5, 5.41) is 3.13. The zero-order chi connectivity index (χ0) is 23.2. The van der Waals surface area contributed by atoms with E-state index in [1.807, 2.05) is 24.3 Å². The molecular formula is C26H23NO6. The van der Waals surface area contributed by atoms with Crippen LogP contribution in [0, 0.1) is 0 Å². The van der Waals surface area contributed by atoms with Gasteiger partial charge in [0.1, 0.15) is 29.1 Å². The molecule has 0 unspecified atom stereocenters. The Labute approximate surface area is 190 Å². The molecule has 7 heteroatoms. The van der Waals surface area contributed by atoms with Crippen molar-refractivity contribution >= 4 is 22.6 Å². The summed E-state index contributed by atoms with van der Waals surface area (Å²) in [7, 11) is 1.57. The van der Waals surface area contributed by atoms with E-state index >= 15 is 0 Å². The third-order valence-electron chi connectivity index (χ3n) is 5.02. The van der Waals surface area contributed by atoms with Crippen LogP contribution in [0.4, 0.5) is 5.69 Å². The van der Waals surface area contributed by atoms with Crippen LogP contribution in [0.15, 0.2) is 82.2 Å². The zero-order valence-corrected chi connectivity index (χ0v) is 18.3. The summed E-state index contributed by atoms with van der Waals surface area (Å²) in [6.07, 6.45) is 2.19. The van der Waals surface area contributed by atoms with Crippen molar-refractivity contribution in [2.24, 2.45) is 0 Å². The molecule has 4 rings (SSSR count). The lowest BCUT2D eigenvalue weighted by atomic mass is 10.1. The van der Waals surface area contributed by atoms with Gasteiger partial charge in [0.05, 0.1) is 12.5 Å². The van der Waals surface area contributed by atoms with Crippen LogP contribution in [0.3, 0.4) is 0 Å². The van der Waals surface area contributed by atoms with Gasteiger partial charge in [-0.15, -0.1) is 0 Å². The molecule has 4 aromatic rings. The largest absolute Gasteiger partial charge is 0.497 e. The highest BCUT2D eigenvalue weighted by molar-refractivity contribution is 5.92. The lowest BCUT2D eigenvalue weighted by Crippen LogP contribution is -2.20. The fourth-order valence-electron chi connectivity index (χ4n) is 3.19. The fourth-order valence-corrected chi connectivity index (χ4v) is 3.19. The second-order valence-corrected chi connectivity index (χ2v) is 7.25. The Morgan fingerprint density at radius 1 is 0.939 bits per heavy atom. The zero-order valence-electron chi connectivity index (χ0n) is 18.3. The molecule has 0 bridgehead atoms. The fraction of sp³-hybridized carbons (Fsp3) is 0.154. The molecule has 1 aromatic heterocycles. The van der Waals surface area contributed by atoms with E-state index in [-0.39, 0.29) is 23.7 Å². The minimum Gasteiger partial charge on any atom is -0.497 e. The molecule has 0 saturated heterocycles. The maximum atomic E-state index is 12.8. The number of hydrogen-bond acceptors (Lipinski definition) is 6. The number of nitrogens with one attached hydrogen (secondary N) is 1. The topological polar surface area (TPSA) is 87.0 Å². The first-order valence-corrected chi connectivity index (χ1v) is 10.4. The molecule has 0 atom stereocenters. The SMILES string of the molecule is CCc1ccc(NC(=O)COc2ccc3c(=O)c(Oc4ccc(OC)cc4)coc3c2)cc1. The number of rotatable bonds is 8. The Morgan fingerprint density at radius 2 is 1.64 bits per heavy atom. The number of carbonyl (C=O) groups excluding carboxylic acids is 1. The van der Waals surface area contributed by atoms with Crippen LogP contribution in [0.2, 0.25) is 0 Å². The minimum absolute atomic E-state index is 0.0646. The average Bonchev–Trinajstić information content (AvgIpc) is 2.85. The van der Waals surface area contributed by atoms with E-state index in [1.165, 1.54) is 11.8 Å². The van der Waals surface area contributed by atoms with Crippen molar-refractivity contribution in [3.63, 3.8) is 0 Å². The van der Waals surface area contributed by atoms with Crippen LogP contribution in [0.25, 0.3) is 11.0 Å². The molecule has 1 heterocycles. The van der Waals surface area contributed by atoms with Crippen LogP contribution in [-0.4, -0.2) is 19.6 Å². The van der Waals surface area contributed by atoms with Crippen LogP contribution >= 0.6 is 0 Å². The predicted molar refractivity (Wildman–Crippen MR) is 125 cm³/mol. The summed E-state index contributed by atoms with van der Waals surface area (Å²) in [6, 6.07) is 19.3. The Kier molecular flexibility index (Phi) is 6.59. The highest BCUT2D eigenvalue weighted by Gasteiger charge is 2.11. The molecule has 1 amide bonds. The summed E-state index contributed by atoms with van der Waals surface area (Å²) in [5.41, 5.74) is 1.91. The van der Waals surface area contributed by atoms with E-state index in [1.54, 1.807) is 49.6 Å². The number of ether oxygens (including phenoxy) is 3. The van der Waals surface area contributed by atoms with Gasteiger partial charge in [-0.1, -0.05) is 19.1 Å². The molecule has 168 valence electrons. The standard InChI is InChI=1S/C26H23NO6/c1-3-17-4-6-18(7-5-17)27-25(28)16-31-21-12-13-22-23(14-21)32-15-24(26(22)29)33-20-10-8-19(30-2)9-11-20/h4-15H,3,16H2,1-2H3,(H,27,28). The number of fused-ring (bicyclic) bond motifs is 1. The molecule has 1 N–H and O–H groups in total.